The summed E-state index contributed by atoms with van der Waals surface area (Å²) < 4.78 is 10.5. The predicted octanol–water partition coefficient (Wildman–Crippen LogP) is 3.41. The lowest BCUT2D eigenvalue weighted by Gasteiger charge is -2.34. The molecule has 0 aromatic heterocycles. The Morgan fingerprint density at radius 3 is 2.29 bits per heavy atom. The van der Waals surface area contributed by atoms with E-state index in [0.717, 1.165) is 18.4 Å². The van der Waals surface area contributed by atoms with E-state index in [4.69, 9.17) is 9.47 Å². The van der Waals surface area contributed by atoms with Crippen LogP contribution in [0.1, 0.15) is 60.9 Å². The van der Waals surface area contributed by atoms with Crippen LogP contribution in [0.25, 0.3) is 0 Å². The number of hydrogen-bond acceptors (Lipinski definition) is 7. The second-order valence-electron chi connectivity index (χ2n) is 11.5. The van der Waals surface area contributed by atoms with Crippen molar-refractivity contribution < 1.29 is 38.6 Å². The molecule has 45 heavy (non-hydrogen) atoms. The maximum atomic E-state index is 13.1. The molecule has 4 amide bonds. The number of amides is 4. The van der Waals surface area contributed by atoms with Crippen molar-refractivity contribution in [3.05, 3.63) is 65.7 Å². The summed E-state index contributed by atoms with van der Waals surface area (Å²) in [5.74, 6) is -1.75. The molecule has 2 heterocycles. The summed E-state index contributed by atoms with van der Waals surface area (Å²) in [6.07, 6.45) is 1.93. The van der Waals surface area contributed by atoms with Crippen molar-refractivity contribution in [3.8, 4) is 5.75 Å². The van der Waals surface area contributed by atoms with Crippen molar-refractivity contribution in [3.63, 3.8) is 0 Å². The highest BCUT2D eigenvalue weighted by Crippen LogP contribution is 2.24. The Kier molecular flexibility index (Phi) is 12.2. The minimum absolute atomic E-state index is 0.0212. The predicted molar refractivity (Wildman–Crippen MR) is 164 cm³/mol. The SMILES string of the molecule is COc1ccc(C(=O)N[C@@H](CC(=O)O)NC(=O)[C@@H]2CCCN(C(=O)CCC3CCN(C(=O)OCc4ccccc4)CC3)C2)cc1. The minimum Gasteiger partial charge on any atom is -0.497 e. The molecule has 2 aliphatic rings. The Hall–Kier alpha value is -4.61. The third-order valence-corrected chi connectivity index (χ3v) is 8.34. The summed E-state index contributed by atoms with van der Waals surface area (Å²) >= 11 is 0. The van der Waals surface area contributed by atoms with Gasteiger partial charge in [-0.1, -0.05) is 30.3 Å². The van der Waals surface area contributed by atoms with Gasteiger partial charge < -0.3 is 35.0 Å². The highest BCUT2D eigenvalue weighted by atomic mass is 16.6. The van der Waals surface area contributed by atoms with Crippen molar-refractivity contribution in [2.24, 2.45) is 11.8 Å². The number of methoxy groups -OCH3 is 1. The average Bonchev–Trinajstić information content (AvgIpc) is 3.06. The number of ether oxygens (including phenoxy) is 2. The zero-order valence-electron chi connectivity index (χ0n) is 25.6. The van der Waals surface area contributed by atoms with E-state index in [2.05, 4.69) is 10.6 Å². The number of carbonyl (C=O) groups is 5. The lowest BCUT2D eigenvalue weighted by molar-refractivity contribution is -0.138. The molecule has 3 N–H and O–H groups in total. The number of nitrogens with one attached hydrogen (secondary N) is 2. The number of rotatable bonds is 12. The molecule has 2 saturated heterocycles. The quantitative estimate of drug-likeness (QED) is 0.304. The zero-order chi connectivity index (χ0) is 32.2. The Morgan fingerprint density at radius 1 is 0.911 bits per heavy atom. The topological polar surface area (TPSA) is 155 Å². The van der Waals surface area contributed by atoms with Gasteiger partial charge in [0, 0.05) is 38.2 Å². The summed E-state index contributed by atoms with van der Waals surface area (Å²) in [4.78, 5) is 66.2. The average molecular weight is 623 g/mol. The van der Waals surface area contributed by atoms with Crippen molar-refractivity contribution in [1.29, 1.82) is 0 Å². The van der Waals surface area contributed by atoms with E-state index < -0.39 is 36.3 Å². The van der Waals surface area contributed by atoms with Crippen LogP contribution in [0.5, 0.6) is 5.75 Å². The molecule has 0 aliphatic carbocycles. The van der Waals surface area contributed by atoms with E-state index in [1.807, 2.05) is 30.3 Å². The first kappa shape index (κ1) is 33.3. The fourth-order valence-electron chi connectivity index (χ4n) is 5.70. The number of carboxylic acid groups (broad SMARTS) is 1. The largest absolute Gasteiger partial charge is 0.497 e. The molecule has 2 atom stereocenters. The lowest BCUT2D eigenvalue weighted by Crippen LogP contribution is -2.53. The number of likely N-dealkylation sites (tertiary alicyclic amines) is 2. The van der Waals surface area contributed by atoms with Crippen LogP contribution in [-0.2, 0) is 25.7 Å². The molecule has 12 nitrogen and oxygen atoms in total. The van der Waals surface area contributed by atoms with Gasteiger partial charge in [0.15, 0.2) is 0 Å². The van der Waals surface area contributed by atoms with Crippen LogP contribution in [0.15, 0.2) is 54.6 Å². The fourth-order valence-corrected chi connectivity index (χ4v) is 5.70. The Morgan fingerprint density at radius 2 is 1.62 bits per heavy atom. The molecule has 2 aromatic carbocycles. The normalized spacial score (nSPS) is 17.6. The summed E-state index contributed by atoms with van der Waals surface area (Å²) in [6, 6.07) is 15.9. The lowest BCUT2D eigenvalue weighted by atomic mass is 9.91. The van der Waals surface area contributed by atoms with Gasteiger partial charge in [0.25, 0.3) is 5.91 Å². The van der Waals surface area contributed by atoms with Gasteiger partial charge in [-0.2, -0.15) is 0 Å². The standard InChI is InChI=1S/C33H42N4O8/c1-44-27-12-10-25(11-13-27)31(41)34-28(20-30(39)40)35-32(42)26-8-5-17-37(21-26)29(38)14-9-23-15-18-36(19-16-23)33(43)45-22-24-6-3-2-4-7-24/h2-4,6-7,10-13,23,26,28H,5,8-9,14-22H2,1H3,(H,34,41)(H,35,42)(H,39,40)/t26-,28-/m1/s1. The maximum Gasteiger partial charge on any atom is 0.410 e. The van der Waals surface area contributed by atoms with Gasteiger partial charge in [-0.25, -0.2) is 4.79 Å². The van der Waals surface area contributed by atoms with Crippen LogP contribution in [-0.4, -0.2) is 84.1 Å². The van der Waals surface area contributed by atoms with Gasteiger partial charge in [-0.15, -0.1) is 0 Å². The van der Waals surface area contributed by atoms with E-state index in [1.165, 1.54) is 7.11 Å². The molecule has 0 saturated carbocycles. The number of carbonyl (C=O) groups excluding carboxylic acids is 4. The van der Waals surface area contributed by atoms with Crippen LogP contribution in [0.2, 0.25) is 0 Å². The van der Waals surface area contributed by atoms with Crippen molar-refractivity contribution >= 4 is 29.8 Å². The third-order valence-electron chi connectivity index (χ3n) is 8.34. The van der Waals surface area contributed by atoms with Gasteiger partial charge in [-0.3, -0.25) is 19.2 Å². The number of piperidine rings is 2. The molecular formula is C33H42N4O8. The van der Waals surface area contributed by atoms with Crippen LogP contribution >= 0.6 is 0 Å². The Bertz CT molecular complexity index is 1310. The summed E-state index contributed by atoms with van der Waals surface area (Å²) in [7, 11) is 1.51. The van der Waals surface area contributed by atoms with Crippen LogP contribution in [0.3, 0.4) is 0 Å². The first-order valence-electron chi connectivity index (χ1n) is 15.4. The molecule has 4 rings (SSSR count). The minimum atomic E-state index is -1.18. The van der Waals surface area contributed by atoms with E-state index >= 15 is 0 Å². The van der Waals surface area contributed by atoms with E-state index in [-0.39, 0.29) is 25.2 Å². The number of aliphatic carboxylic acids is 1. The van der Waals surface area contributed by atoms with E-state index in [1.54, 1.807) is 34.1 Å². The molecule has 2 aliphatic heterocycles. The number of hydrogen-bond donors (Lipinski definition) is 3. The molecule has 0 unspecified atom stereocenters. The van der Waals surface area contributed by atoms with Crippen molar-refractivity contribution in [1.82, 2.24) is 20.4 Å². The Labute approximate surface area is 263 Å². The van der Waals surface area contributed by atoms with Crippen molar-refractivity contribution in [2.45, 2.75) is 57.7 Å². The van der Waals surface area contributed by atoms with Gasteiger partial charge in [-0.05, 0) is 67.9 Å². The van der Waals surface area contributed by atoms with Crippen LogP contribution in [0, 0.1) is 11.8 Å². The number of carboxylic acids is 1. The summed E-state index contributed by atoms with van der Waals surface area (Å²) in [5, 5.41) is 14.6. The summed E-state index contributed by atoms with van der Waals surface area (Å²) in [6.45, 7) is 2.21. The van der Waals surface area contributed by atoms with Crippen LogP contribution in [0.4, 0.5) is 4.79 Å². The molecule has 242 valence electrons. The van der Waals surface area contributed by atoms with Gasteiger partial charge in [0.2, 0.25) is 11.8 Å². The molecule has 0 radical (unpaired) electrons. The second-order valence-corrected chi connectivity index (χ2v) is 11.5. The van der Waals surface area contributed by atoms with Gasteiger partial charge in [0.1, 0.15) is 18.5 Å². The highest BCUT2D eigenvalue weighted by Gasteiger charge is 2.31. The number of nitrogens with zero attached hydrogens (tertiary/aromatic N) is 2. The smallest absolute Gasteiger partial charge is 0.410 e. The summed E-state index contributed by atoms with van der Waals surface area (Å²) in [5.41, 5.74) is 1.23. The third kappa shape index (κ3) is 10.2. The van der Waals surface area contributed by atoms with Crippen molar-refractivity contribution in [2.75, 3.05) is 33.3 Å². The van der Waals surface area contributed by atoms with Crippen LogP contribution < -0.4 is 15.4 Å². The maximum absolute atomic E-state index is 13.1. The second kappa shape index (κ2) is 16.5. The van der Waals surface area contributed by atoms with E-state index in [0.29, 0.717) is 62.5 Å². The fraction of sp³-hybridized carbons (Fsp3) is 0.485. The first-order chi connectivity index (χ1) is 21.7. The monoisotopic (exact) mass is 622 g/mol. The molecule has 0 spiro atoms. The first-order valence-corrected chi connectivity index (χ1v) is 15.4. The van der Waals surface area contributed by atoms with Gasteiger partial charge >= 0.3 is 12.1 Å². The molecule has 2 fully saturated rings. The molecule has 2 aromatic rings. The number of benzene rings is 2. The Balaban J connectivity index is 1.20. The van der Waals surface area contributed by atoms with E-state index in [9.17, 15) is 29.1 Å². The molecule has 12 heteroatoms. The zero-order valence-corrected chi connectivity index (χ0v) is 25.6. The molecular weight excluding hydrogens is 580 g/mol. The highest BCUT2D eigenvalue weighted by molar-refractivity contribution is 5.95. The molecule has 0 bridgehead atoms. The van der Waals surface area contributed by atoms with Gasteiger partial charge in [0.05, 0.1) is 19.4 Å².